The van der Waals surface area contributed by atoms with Gasteiger partial charge in [-0.1, -0.05) is 94.4 Å². The second-order valence-electron chi connectivity index (χ2n) is 14.9. The molecule has 230 valence electrons. The first-order chi connectivity index (χ1) is 22.5. The van der Waals surface area contributed by atoms with E-state index in [2.05, 4.69) is 163 Å². The zero-order chi connectivity index (χ0) is 32.4. The maximum Gasteiger partial charge on any atom is 0.159 e. The molecule has 2 nitrogen and oxygen atoms in total. The Morgan fingerprint density at radius 3 is 1.60 bits per heavy atom. The molecule has 0 saturated heterocycles. The summed E-state index contributed by atoms with van der Waals surface area (Å²) < 4.78 is 6.85. The second kappa shape index (κ2) is 9.48. The Hall–Kier alpha value is -5.08. The van der Waals surface area contributed by atoms with E-state index in [9.17, 15) is 0 Å². The zero-order valence-electron chi connectivity index (χ0n) is 28.2. The van der Waals surface area contributed by atoms with Crippen LogP contribution < -0.4 is 4.90 Å². The molecule has 9 rings (SSSR count). The summed E-state index contributed by atoms with van der Waals surface area (Å²) in [5, 5.41) is 2.37. The Labute approximate surface area is 277 Å². The largest absolute Gasteiger partial charge is 0.454 e. The number of rotatable bonds is 3. The molecule has 47 heavy (non-hydrogen) atoms. The van der Waals surface area contributed by atoms with Gasteiger partial charge in [0.2, 0.25) is 0 Å². The number of nitrogens with zero attached hydrogens (tertiary/aromatic N) is 1. The van der Waals surface area contributed by atoms with Crippen LogP contribution in [0.3, 0.4) is 0 Å². The van der Waals surface area contributed by atoms with Gasteiger partial charge in [-0.3, -0.25) is 0 Å². The van der Waals surface area contributed by atoms with Gasteiger partial charge in [0.15, 0.2) is 5.58 Å². The molecule has 0 bridgehead atoms. The van der Waals surface area contributed by atoms with Gasteiger partial charge in [0, 0.05) is 33.0 Å². The average molecular weight is 610 g/mol. The Balaban J connectivity index is 1.33. The van der Waals surface area contributed by atoms with Gasteiger partial charge in [-0.05, 0) is 124 Å². The van der Waals surface area contributed by atoms with Crippen molar-refractivity contribution >= 4 is 39.0 Å². The van der Waals surface area contributed by atoms with Crippen LogP contribution in [-0.2, 0) is 10.8 Å². The highest BCUT2D eigenvalue weighted by molar-refractivity contribution is 6.12. The van der Waals surface area contributed by atoms with Crippen molar-refractivity contribution in [3.05, 3.63) is 148 Å². The molecule has 6 aromatic carbocycles. The van der Waals surface area contributed by atoms with Crippen molar-refractivity contribution in [1.29, 1.82) is 0 Å². The normalized spacial score (nSPS) is 15.0. The first-order valence-electron chi connectivity index (χ1n) is 16.8. The predicted octanol–water partition coefficient (Wildman–Crippen LogP) is 12.6. The number of hydrogen-bond acceptors (Lipinski definition) is 2. The van der Waals surface area contributed by atoms with Crippen LogP contribution >= 0.6 is 0 Å². The summed E-state index contributed by atoms with van der Waals surface area (Å²) in [5.74, 6) is 0. The molecule has 2 heteroatoms. The molecule has 2 aliphatic rings. The van der Waals surface area contributed by atoms with Crippen molar-refractivity contribution in [1.82, 2.24) is 0 Å². The summed E-state index contributed by atoms with van der Waals surface area (Å²) in [5.41, 5.74) is 19.5. The van der Waals surface area contributed by atoms with Crippen LogP contribution in [0.5, 0.6) is 0 Å². The van der Waals surface area contributed by atoms with Gasteiger partial charge in [-0.2, -0.15) is 0 Å². The van der Waals surface area contributed by atoms with Crippen molar-refractivity contribution in [2.24, 2.45) is 0 Å². The fourth-order valence-electron chi connectivity index (χ4n) is 8.77. The second-order valence-corrected chi connectivity index (χ2v) is 14.9. The molecule has 0 aliphatic heterocycles. The number of aryl methyl sites for hydroxylation is 3. The van der Waals surface area contributed by atoms with Crippen LogP contribution in [0, 0.1) is 20.8 Å². The van der Waals surface area contributed by atoms with E-state index < -0.39 is 0 Å². The molecule has 0 amide bonds. The lowest BCUT2D eigenvalue weighted by Crippen LogP contribution is -2.18. The third-order valence-corrected chi connectivity index (χ3v) is 11.0. The molecule has 0 saturated carbocycles. The number of fused-ring (bicyclic) bond motifs is 9. The first-order valence-corrected chi connectivity index (χ1v) is 16.8. The molecular weight excluding hydrogens is 571 g/mol. The Morgan fingerprint density at radius 1 is 0.511 bits per heavy atom. The zero-order valence-corrected chi connectivity index (χ0v) is 28.2. The molecule has 1 aromatic heterocycles. The van der Waals surface area contributed by atoms with Crippen molar-refractivity contribution in [2.75, 3.05) is 4.90 Å². The van der Waals surface area contributed by atoms with Gasteiger partial charge in [-0.25, -0.2) is 0 Å². The standard InChI is InChI=1S/C45H39NO/c1-26-20-28(3)42-35-21-27(2)22-40(43(35)47-41(42)23-26)46(29-16-18-33-31-12-8-10-14-36(31)44(4,5)38(33)24-29)30-17-19-34-32-13-9-11-15-37(32)45(6,7)39(34)25-30/h8-25H,1-7H3. The molecule has 2 aliphatic carbocycles. The van der Waals surface area contributed by atoms with E-state index in [1.165, 1.54) is 72.0 Å². The van der Waals surface area contributed by atoms with E-state index in [1.807, 2.05) is 0 Å². The number of anilines is 3. The summed E-state index contributed by atoms with van der Waals surface area (Å²) in [6.07, 6.45) is 0. The molecule has 0 N–H and O–H groups in total. The highest BCUT2D eigenvalue weighted by Crippen LogP contribution is 2.54. The van der Waals surface area contributed by atoms with E-state index >= 15 is 0 Å². The predicted molar refractivity (Wildman–Crippen MR) is 198 cm³/mol. The molecule has 0 unspecified atom stereocenters. The topological polar surface area (TPSA) is 16.4 Å². The fraction of sp³-hybridized carbons (Fsp3) is 0.200. The van der Waals surface area contributed by atoms with Crippen LogP contribution in [0.15, 0.2) is 114 Å². The maximum absolute atomic E-state index is 6.85. The van der Waals surface area contributed by atoms with E-state index in [0.29, 0.717) is 0 Å². The Morgan fingerprint density at radius 2 is 1.02 bits per heavy atom. The Kier molecular flexibility index (Phi) is 5.68. The summed E-state index contributed by atoms with van der Waals surface area (Å²) >= 11 is 0. The van der Waals surface area contributed by atoms with E-state index in [-0.39, 0.29) is 10.8 Å². The summed E-state index contributed by atoms with van der Waals surface area (Å²) in [6.45, 7) is 16.0. The SMILES string of the molecule is Cc1cc(C)c2c(c1)oc1c(N(c3ccc4c(c3)C(C)(C)c3ccccc3-4)c3ccc4c(c3)C(C)(C)c3ccccc3-4)cc(C)cc12. The van der Waals surface area contributed by atoms with E-state index in [1.54, 1.807) is 0 Å². The van der Waals surface area contributed by atoms with Crippen LogP contribution in [0.4, 0.5) is 17.1 Å². The third-order valence-electron chi connectivity index (χ3n) is 11.0. The maximum atomic E-state index is 6.85. The quantitative estimate of drug-likeness (QED) is 0.198. The van der Waals surface area contributed by atoms with Crippen LogP contribution in [-0.4, -0.2) is 0 Å². The van der Waals surface area contributed by atoms with Gasteiger partial charge in [0.05, 0.1) is 5.69 Å². The van der Waals surface area contributed by atoms with Crippen LogP contribution in [0.25, 0.3) is 44.2 Å². The van der Waals surface area contributed by atoms with E-state index in [0.717, 1.165) is 28.2 Å². The molecule has 0 radical (unpaired) electrons. The minimum Gasteiger partial charge on any atom is -0.454 e. The van der Waals surface area contributed by atoms with Gasteiger partial charge < -0.3 is 9.32 Å². The molecule has 1 heterocycles. The minimum atomic E-state index is -0.106. The van der Waals surface area contributed by atoms with Gasteiger partial charge in [0.25, 0.3) is 0 Å². The van der Waals surface area contributed by atoms with E-state index in [4.69, 9.17) is 4.42 Å². The highest BCUT2D eigenvalue weighted by atomic mass is 16.3. The summed E-state index contributed by atoms with van der Waals surface area (Å²) in [4.78, 5) is 2.44. The lowest BCUT2D eigenvalue weighted by molar-refractivity contribution is 0.659. The van der Waals surface area contributed by atoms with Crippen molar-refractivity contribution in [3.63, 3.8) is 0 Å². The average Bonchev–Trinajstić information content (AvgIpc) is 3.61. The van der Waals surface area contributed by atoms with Crippen molar-refractivity contribution in [3.8, 4) is 22.3 Å². The summed E-state index contributed by atoms with van der Waals surface area (Å²) in [6, 6.07) is 40.9. The lowest BCUT2D eigenvalue weighted by Gasteiger charge is -2.30. The molecular formula is C45H39NO. The van der Waals surface area contributed by atoms with Gasteiger partial charge in [0.1, 0.15) is 5.58 Å². The third kappa shape index (κ3) is 3.85. The first kappa shape index (κ1) is 28.2. The molecule has 7 aromatic rings. The number of furan rings is 1. The molecule has 0 atom stereocenters. The number of benzene rings is 6. The van der Waals surface area contributed by atoms with Crippen LogP contribution in [0.1, 0.15) is 66.6 Å². The number of hydrogen-bond donors (Lipinski definition) is 0. The molecule has 0 fully saturated rings. The van der Waals surface area contributed by atoms with Crippen LogP contribution in [0.2, 0.25) is 0 Å². The molecule has 0 spiro atoms. The smallest absolute Gasteiger partial charge is 0.159 e. The highest BCUT2D eigenvalue weighted by Gasteiger charge is 2.38. The van der Waals surface area contributed by atoms with Gasteiger partial charge in [-0.15, -0.1) is 0 Å². The monoisotopic (exact) mass is 609 g/mol. The van der Waals surface area contributed by atoms with Crippen molar-refractivity contribution in [2.45, 2.75) is 59.3 Å². The summed E-state index contributed by atoms with van der Waals surface area (Å²) in [7, 11) is 0. The Bertz CT molecular complexity index is 2350. The van der Waals surface area contributed by atoms with Crippen molar-refractivity contribution < 1.29 is 4.42 Å². The van der Waals surface area contributed by atoms with Gasteiger partial charge >= 0.3 is 0 Å². The lowest BCUT2D eigenvalue weighted by atomic mass is 9.82. The fourth-order valence-corrected chi connectivity index (χ4v) is 8.77. The minimum absolute atomic E-state index is 0.106.